The molecule has 0 aliphatic carbocycles. The van der Waals surface area contributed by atoms with E-state index in [1.54, 1.807) is 11.8 Å². The summed E-state index contributed by atoms with van der Waals surface area (Å²) in [4.78, 5) is 19.1. The zero-order chi connectivity index (χ0) is 12.3. The second kappa shape index (κ2) is 5.68. The van der Waals surface area contributed by atoms with Crippen LogP contribution in [0.5, 0.6) is 0 Å². The number of hydrogen-bond donors (Lipinski definition) is 1. The number of nitrogens with zero attached hydrogens (tertiary/aromatic N) is 1. The molecule has 0 atom stereocenters. The van der Waals surface area contributed by atoms with Gasteiger partial charge in [0.15, 0.2) is 0 Å². The summed E-state index contributed by atoms with van der Waals surface area (Å²) < 4.78 is 0.638. The lowest BCUT2D eigenvalue weighted by Crippen LogP contribution is -2.15. The summed E-state index contributed by atoms with van der Waals surface area (Å²) in [6.07, 6.45) is 1.99. The highest BCUT2D eigenvalue weighted by molar-refractivity contribution is 14.1. The van der Waals surface area contributed by atoms with Gasteiger partial charge >= 0.3 is 0 Å². The van der Waals surface area contributed by atoms with Crippen LogP contribution in [-0.4, -0.2) is 16.2 Å². The number of aromatic nitrogens is 2. The molecule has 0 spiro atoms. The van der Waals surface area contributed by atoms with Gasteiger partial charge in [0.25, 0.3) is 5.56 Å². The van der Waals surface area contributed by atoms with Gasteiger partial charge in [0, 0.05) is 5.56 Å². The standard InChI is InChI=1S/C12H11IN2OS/c1-17-7-9-14-11(10(13)12(16)15-9)8-5-3-2-4-6-8/h2-6H,7H2,1H3,(H,14,15,16). The number of halogens is 1. The molecule has 1 N–H and O–H groups in total. The fourth-order valence-corrected chi connectivity index (χ4v) is 2.47. The minimum atomic E-state index is -0.0662. The summed E-state index contributed by atoms with van der Waals surface area (Å²) >= 11 is 3.68. The monoisotopic (exact) mass is 358 g/mol. The van der Waals surface area contributed by atoms with E-state index in [4.69, 9.17) is 0 Å². The molecule has 0 unspecified atom stereocenters. The summed E-state index contributed by atoms with van der Waals surface area (Å²) in [6, 6.07) is 9.77. The van der Waals surface area contributed by atoms with Crippen molar-refractivity contribution < 1.29 is 0 Å². The van der Waals surface area contributed by atoms with Crippen molar-refractivity contribution in [1.82, 2.24) is 9.97 Å². The molecule has 1 aromatic heterocycles. The normalized spacial score (nSPS) is 10.5. The van der Waals surface area contributed by atoms with Crippen LogP contribution in [0.3, 0.4) is 0 Å². The molecule has 1 aromatic carbocycles. The summed E-state index contributed by atoms with van der Waals surface area (Å²) in [5.41, 5.74) is 1.67. The fraction of sp³-hybridized carbons (Fsp3) is 0.167. The third kappa shape index (κ3) is 2.90. The van der Waals surface area contributed by atoms with Crippen molar-refractivity contribution in [2.24, 2.45) is 0 Å². The minimum absolute atomic E-state index is 0.0662. The van der Waals surface area contributed by atoms with Crippen molar-refractivity contribution in [3.63, 3.8) is 0 Å². The maximum absolute atomic E-state index is 11.8. The molecule has 0 aliphatic rings. The van der Waals surface area contributed by atoms with Crippen molar-refractivity contribution in [2.75, 3.05) is 6.26 Å². The molecule has 0 saturated heterocycles. The van der Waals surface area contributed by atoms with E-state index in [0.717, 1.165) is 17.1 Å². The Morgan fingerprint density at radius 1 is 1.35 bits per heavy atom. The van der Waals surface area contributed by atoms with Crippen LogP contribution in [0.2, 0.25) is 0 Å². The smallest absolute Gasteiger partial charge is 0.264 e. The molecule has 0 fully saturated rings. The topological polar surface area (TPSA) is 45.8 Å². The van der Waals surface area contributed by atoms with E-state index >= 15 is 0 Å². The van der Waals surface area contributed by atoms with Crippen molar-refractivity contribution >= 4 is 34.4 Å². The van der Waals surface area contributed by atoms with Gasteiger partial charge in [0.05, 0.1) is 11.4 Å². The molecule has 88 valence electrons. The summed E-state index contributed by atoms with van der Waals surface area (Å²) in [7, 11) is 0. The summed E-state index contributed by atoms with van der Waals surface area (Å²) in [5, 5.41) is 0. The van der Waals surface area contributed by atoms with E-state index in [1.807, 2.05) is 59.2 Å². The van der Waals surface area contributed by atoms with Gasteiger partial charge in [-0.25, -0.2) is 4.98 Å². The first-order valence-electron chi connectivity index (χ1n) is 5.05. The predicted octanol–water partition coefficient (Wildman–Crippen LogP) is 2.90. The van der Waals surface area contributed by atoms with Crippen LogP contribution in [0.4, 0.5) is 0 Å². The molecule has 0 aliphatic heterocycles. The molecule has 2 aromatic rings. The van der Waals surface area contributed by atoms with Crippen LogP contribution in [-0.2, 0) is 5.75 Å². The molecular formula is C12H11IN2OS. The van der Waals surface area contributed by atoms with E-state index in [0.29, 0.717) is 9.32 Å². The number of rotatable bonds is 3. The molecule has 0 bridgehead atoms. The number of hydrogen-bond acceptors (Lipinski definition) is 3. The quantitative estimate of drug-likeness (QED) is 0.859. The van der Waals surface area contributed by atoms with Gasteiger partial charge in [0.2, 0.25) is 0 Å². The average Bonchev–Trinajstić information content (AvgIpc) is 2.35. The predicted molar refractivity (Wildman–Crippen MR) is 80.2 cm³/mol. The highest BCUT2D eigenvalue weighted by atomic mass is 127. The van der Waals surface area contributed by atoms with Crippen molar-refractivity contribution in [3.8, 4) is 11.3 Å². The maximum Gasteiger partial charge on any atom is 0.264 e. The molecule has 17 heavy (non-hydrogen) atoms. The molecule has 2 rings (SSSR count). The summed E-state index contributed by atoms with van der Waals surface area (Å²) in [6.45, 7) is 0. The highest BCUT2D eigenvalue weighted by Gasteiger charge is 2.10. The second-order valence-corrected chi connectivity index (χ2v) is 5.42. The molecule has 5 heteroatoms. The molecule has 1 heterocycles. The van der Waals surface area contributed by atoms with E-state index in [1.165, 1.54) is 0 Å². The zero-order valence-corrected chi connectivity index (χ0v) is 12.2. The number of thioether (sulfide) groups is 1. The number of H-pyrrole nitrogens is 1. The number of nitrogens with one attached hydrogen (secondary N) is 1. The van der Waals surface area contributed by atoms with Gasteiger partial charge < -0.3 is 4.98 Å². The average molecular weight is 358 g/mol. The number of benzene rings is 1. The first kappa shape index (κ1) is 12.6. The van der Waals surface area contributed by atoms with Crippen LogP contribution in [0.25, 0.3) is 11.3 Å². The van der Waals surface area contributed by atoms with E-state index in [2.05, 4.69) is 9.97 Å². The molecule has 0 radical (unpaired) electrons. The van der Waals surface area contributed by atoms with Gasteiger partial charge in [-0.2, -0.15) is 11.8 Å². The van der Waals surface area contributed by atoms with Crippen LogP contribution in [0.1, 0.15) is 5.82 Å². The van der Waals surface area contributed by atoms with Crippen molar-refractivity contribution in [2.45, 2.75) is 5.75 Å². The zero-order valence-electron chi connectivity index (χ0n) is 9.24. The largest absolute Gasteiger partial charge is 0.309 e. The van der Waals surface area contributed by atoms with Crippen molar-refractivity contribution in [3.05, 3.63) is 50.1 Å². The summed E-state index contributed by atoms with van der Waals surface area (Å²) in [5.74, 6) is 1.44. The van der Waals surface area contributed by atoms with Crippen LogP contribution >= 0.6 is 34.4 Å². The Morgan fingerprint density at radius 3 is 2.71 bits per heavy atom. The Labute approximate surface area is 117 Å². The maximum atomic E-state index is 11.8. The SMILES string of the molecule is CSCc1nc(-c2ccccc2)c(I)c(=O)[nH]1. The highest BCUT2D eigenvalue weighted by Crippen LogP contribution is 2.20. The molecular weight excluding hydrogens is 347 g/mol. The lowest BCUT2D eigenvalue weighted by molar-refractivity contribution is 0.996. The number of aromatic amines is 1. The molecule has 0 amide bonds. The van der Waals surface area contributed by atoms with Gasteiger partial charge in [-0.1, -0.05) is 30.3 Å². The lowest BCUT2D eigenvalue weighted by Gasteiger charge is -2.05. The van der Waals surface area contributed by atoms with Gasteiger partial charge in [-0.05, 0) is 28.8 Å². The Balaban J connectivity index is 2.57. The van der Waals surface area contributed by atoms with E-state index in [-0.39, 0.29) is 5.56 Å². The van der Waals surface area contributed by atoms with E-state index in [9.17, 15) is 4.79 Å². The second-order valence-electron chi connectivity index (χ2n) is 3.47. The van der Waals surface area contributed by atoms with Gasteiger partial charge in [0.1, 0.15) is 9.39 Å². The minimum Gasteiger partial charge on any atom is -0.309 e. The lowest BCUT2D eigenvalue weighted by atomic mass is 10.1. The first-order valence-corrected chi connectivity index (χ1v) is 7.52. The Bertz CT molecular complexity index is 568. The van der Waals surface area contributed by atoms with Crippen LogP contribution in [0.15, 0.2) is 35.1 Å². The Hall–Kier alpha value is -0.820. The first-order chi connectivity index (χ1) is 8.22. The van der Waals surface area contributed by atoms with Crippen molar-refractivity contribution in [1.29, 1.82) is 0 Å². The van der Waals surface area contributed by atoms with E-state index < -0.39 is 0 Å². The molecule has 0 saturated carbocycles. The third-order valence-electron chi connectivity index (χ3n) is 2.24. The Kier molecular flexibility index (Phi) is 4.22. The third-order valence-corrected chi connectivity index (χ3v) is 3.80. The van der Waals surface area contributed by atoms with Crippen LogP contribution in [0, 0.1) is 3.57 Å². The van der Waals surface area contributed by atoms with Gasteiger partial charge in [-0.15, -0.1) is 0 Å². The molecule has 3 nitrogen and oxygen atoms in total. The fourth-order valence-electron chi connectivity index (χ4n) is 1.50. The van der Waals surface area contributed by atoms with Crippen LogP contribution < -0.4 is 5.56 Å². The Morgan fingerprint density at radius 2 is 2.06 bits per heavy atom. The van der Waals surface area contributed by atoms with Gasteiger partial charge in [-0.3, -0.25) is 4.79 Å².